The third-order valence-corrected chi connectivity index (χ3v) is 2.78. The van der Waals surface area contributed by atoms with Crippen molar-refractivity contribution in [2.75, 3.05) is 0 Å². The van der Waals surface area contributed by atoms with Crippen LogP contribution < -0.4 is 0 Å². The van der Waals surface area contributed by atoms with E-state index in [4.69, 9.17) is 0 Å². The summed E-state index contributed by atoms with van der Waals surface area (Å²) in [6.07, 6.45) is 0.389. The fraction of sp³-hybridized carbons (Fsp3) is 0.250. The molecule has 0 unspecified atom stereocenters. The van der Waals surface area contributed by atoms with Crippen LogP contribution in [0, 0.1) is 23.7 Å². The van der Waals surface area contributed by atoms with Gasteiger partial charge in [-0.2, -0.15) is 0 Å². The Morgan fingerprint density at radius 2 is 1.25 bits per heavy atom. The SMILES string of the molecule is CC#CCc1c(C(=O)O)ccc(C(=O)O)c1CC#CC. The summed E-state index contributed by atoms with van der Waals surface area (Å²) in [4.78, 5) is 22.5. The summed E-state index contributed by atoms with van der Waals surface area (Å²) < 4.78 is 0. The molecule has 0 radical (unpaired) electrons. The standard InChI is InChI=1S/C16H14O4/c1-3-5-7-11-12(8-6-4-2)14(16(19)20)10-9-13(11)15(17)18/h9-10H,7-8H2,1-2H3,(H,17,18)(H,19,20). The number of hydrogen-bond donors (Lipinski definition) is 2. The zero-order chi connectivity index (χ0) is 15.1. The molecule has 0 spiro atoms. The molecule has 20 heavy (non-hydrogen) atoms. The molecule has 0 aliphatic rings. The van der Waals surface area contributed by atoms with Crippen molar-refractivity contribution < 1.29 is 19.8 Å². The Kier molecular flexibility index (Phi) is 5.38. The van der Waals surface area contributed by atoms with E-state index < -0.39 is 11.9 Å². The summed E-state index contributed by atoms with van der Waals surface area (Å²) in [5, 5.41) is 18.4. The van der Waals surface area contributed by atoms with Gasteiger partial charge in [-0.15, -0.1) is 11.8 Å². The van der Waals surface area contributed by atoms with Gasteiger partial charge in [0.2, 0.25) is 0 Å². The molecule has 0 saturated carbocycles. The first kappa shape index (κ1) is 15.3. The molecule has 102 valence electrons. The molecule has 0 aliphatic heterocycles. The Bertz CT molecular complexity index is 604. The Morgan fingerprint density at radius 3 is 1.50 bits per heavy atom. The fourth-order valence-electron chi connectivity index (χ4n) is 1.85. The van der Waals surface area contributed by atoms with Crippen LogP contribution in [-0.4, -0.2) is 22.2 Å². The number of carbonyl (C=O) groups is 2. The highest BCUT2D eigenvalue weighted by atomic mass is 16.4. The van der Waals surface area contributed by atoms with Gasteiger partial charge in [-0.25, -0.2) is 9.59 Å². The van der Waals surface area contributed by atoms with Gasteiger partial charge < -0.3 is 10.2 Å². The van der Waals surface area contributed by atoms with Gasteiger partial charge in [0.15, 0.2) is 0 Å². The molecule has 0 heterocycles. The first-order chi connectivity index (χ1) is 9.52. The highest BCUT2D eigenvalue weighted by molar-refractivity contribution is 5.95. The Balaban J connectivity index is 3.58. The van der Waals surface area contributed by atoms with E-state index in [1.807, 2.05) is 0 Å². The van der Waals surface area contributed by atoms with E-state index >= 15 is 0 Å². The molecule has 1 aromatic rings. The van der Waals surface area contributed by atoms with Crippen LogP contribution >= 0.6 is 0 Å². The average Bonchev–Trinajstić information content (AvgIpc) is 2.41. The molecule has 2 N–H and O–H groups in total. The minimum atomic E-state index is -1.10. The van der Waals surface area contributed by atoms with Crippen LogP contribution in [0.4, 0.5) is 0 Å². The summed E-state index contributed by atoms with van der Waals surface area (Å²) in [7, 11) is 0. The maximum Gasteiger partial charge on any atom is 0.336 e. The highest BCUT2D eigenvalue weighted by Crippen LogP contribution is 2.21. The quantitative estimate of drug-likeness (QED) is 0.823. The largest absolute Gasteiger partial charge is 0.478 e. The fourth-order valence-corrected chi connectivity index (χ4v) is 1.85. The Labute approximate surface area is 117 Å². The average molecular weight is 270 g/mol. The third kappa shape index (κ3) is 3.40. The van der Waals surface area contributed by atoms with Gasteiger partial charge in [-0.3, -0.25) is 0 Å². The van der Waals surface area contributed by atoms with Crippen molar-refractivity contribution in [1.29, 1.82) is 0 Å². The molecule has 0 aromatic heterocycles. The van der Waals surface area contributed by atoms with Gasteiger partial charge in [0.25, 0.3) is 0 Å². The summed E-state index contributed by atoms with van der Waals surface area (Å²) >= 11 is 0. The van der Waals surface area contributed by atoms with E-state index in [1.54, 1.807) is 13.8 Å². The summed E-state index contributed by atoms with van der Waals surface area (Å²) in [5.74, 6) is 8.76. The van der Waals surface area contributed by atoms with E-state index in [0.717, 1.165) is 0 Å². The van der Waals surface area contributed by atoms with Crippen LogP contribution in [0.3, 0.4) is 0 Å². The zero-order valence-corrected chi connectivity index (χ0v) is 11.3. The van der Waals surface area contributed by atoms with Crippen molar-refractivity contribution in [3.05, 3.63) is 34.4 Å². The van der Waals surface area contributed by atoms with Crippen LogP contribution in [0.15, 0.2) is 12.1 Å². The normalized spacial score (nSPS) is 8.90. The molecule has 0 saturated heterocycles. The van der Waals surface area contributed by atoms with Gasteiger partial charge in [0.05, 0.1) is 11.1 Å². The van der Waals surface area contributed by atoms with Crippen LogP contribution in [-0.2, 0) is 12.8 Å². The lowest BCUT2D eigenvalue weighted by molar-refractivity contribution is 0.0679. The monoisotopic (exact) mass is 270 g/mol. The van der Waals surface area contributed by atoms with Gasteiger partial charge in [-0.05, 0) is 37.1 Å². The second kappa shape index (κ2) is 7.01. The predicted octanol–water partition coefficient (Wildman–Crippen LogP) is 2.21. The lowest BCUT2D eigenvalue weighted by Crippen LogP contribution is -2.11. The van der Waals surface area contributed by atoms with Crippen molar-refractivity contribution >= 4 is 11.9 Å². The van der Waals surface area contributed by atoms with Gasteiger partial charge in [0.1, 0.15) is 0 Å². The zero-order valence-electron chi connectivity index (χ0n) is 11.3. The van der Waals surface area contributed by atoms with Crippen molar-refractivity contribution in [3.63, 3.8) is 0 Å². The van der Waals surface area contributed by atoms with Crippen LogP contribution in [0.5, 0.6) is 0 Å². The second-order valence-corrected chi connectivity index (χ2v) is 3.94. The molecular weight excluding hydrogens is 256 g/mol. The number of aromatic carboxylic acids is 2. The summed E-state index contributed by atoms with van der Waals surface area (Å²) in [6, 6.07) is 2.61. The first-order valence-electron chi connectivity index (χ1n) is 5.93. The molecule has 0 amide bonds. The number of rotatable bonds is 4. The van der Waals surface area contributed by atoms with E-state index in [1.165, 1.54) is 12.1 Å². The third-order valence-electron chi connectivity index (χ3n) is 2.78. The molecule has 4 heteroatoms. The molecule has 0 fully saturated rings. The molecular formula is C16H14O4. The molecule has 0 bridgehead atoms. The van der Waals surface area contributed by atoms with E-state index in [-0.39, 0.29) is 24.0 Å². The Morgan fingerprint density at radius 1 is 0.900 bits per heavy atom. The second-order valence-electron chi connectivity index (χ2n) is 3.94. The van der Waals surface area contributed by atoms with Gasteiger partial charge in [0, 0.05) is 12.8 Å². The van der Waals surface area contributed by atoms with E-state index in [2.05, 4.69) is 23.7 Å². The maximum atomic E-state index is 11.3. The molecule has 1 rings (SSSR count). The van der Waals surface area contributed by atoms with Crippen molar-refractivity contribution in [1.82, 2.24) is 0 Å². The number of benzene rings is 1. The molecule has 0 atom stereocenters. The summed E-state index contributed by atoms with van der Waals surface area (Å²) in [6.45, 7) is 3.29. The van der Waals surface area contributed by atoms with Gasteiger partial charge >= 0.3 is 11.9 Å². The number of hydrogen-bond acceptors (Lipinski definition) is 2. The van der Waals surface area contributed by atoms with Crippen molar-refractivity contribution in [2.45, 2.75) is 26.7 Å². The molecule has 0 aliphatic carbocycles. The highest BCUT2D eigenvalue weighted by Gasteiger charge is 2.19. The summed E-state index contributed by atoms with van der Waals surface area (Å²) in [5.41, 5.74) is 1.00. The lowest BCUT2D eigenvalue weighted by atomic mass is 9.92. The maximum absolute atomic E-state index is 11.3. The predicted molar refractivity (Wildman–Crippen MR) is 74.7 cm³/mol. The minimum absolute atomic E-state index is 0.0747. The smallest absolute Gasteiger partial charge is 0.336 e. The van der Waals surface area contributed by atoms with Crippen molar-refractivity contribution in [3.8, 4) is 23.7 Å². The van der Waals surface area contributed by atoms with Crippen LogP contribution in [0.2, 0.25) is 0 Å². The Hall–Kier alpha value is -2.72. The van der Waals surface area contributed by atoms with E-state index in [0.29, 0.717) is 11.1 Å². The molecule has 4 nitrogen and oxygen atoms in total. The van der Waals surface area contributed by atoms with Crippen LogP contribution in [0.1, 0.15) is 45.7 Å². The lowest BCUT2D eigenvalue weighted by Gasteiger charge is -2.12. The number of carboxylic acids is 2. The van der Waals surface area contributed by atoms with E-state index in [9.17, 15) is 19.8 Å². The molecule has 1 aromatic carbocycles. The topological polar surface area (TPSA) is 74.6 Å². The van der Waals surface area contributed by atoms with Crippen LogP contribution in [0.25, 0.3) is 0 Å². The van der Waals surface area contributed by atoms with Crippen molar-refractivity contribution in [2.24, 2.45) is 0 Å². The minimum Gasteiger partial charge on any atom is -0.478 e. The van der Waals surface area contributed by atoms with Gasteiger partial charge in [-0.1, -0.05) is 11.8 Å². The first-order valence-corrected chi connectivity index (χ1v) is 5.93. The number of carboxylic acid groups (broad SMARTS) is 2.